The molecule has 0 radical (unpaired) electrons. The summed E-state index contributed by atoms with van der Waals surface area (Å²) in [5.74, 6) is 0.298. The maximum Gasteiger partial charge on any atom is 0.408 e. The SMILES string of the molecule is CC(C)(C)OC(=O)N[C@@H](CCN1CC2=CNCC2C1)c1cccc(F)c1. The molecule has 0 bridgehead atoms. The molecule has 1 aromatic rings. The van der Waals surface area contributed by atoms with Gasteiger partial charge in [-0.05, 0) is 56.7 Å². The molecule has 1 aromatic carbocycles. The van der Waals surface area contributed by atoms with Gasteiger partial charge in [-0.1, -0.05) is 12.1 Å². The Morgan fingerprint density at radius 2 is 2.27 bits per heavy atom. The van der Waals surface area contributed by atoms with Gasteiger partial charge < -0.3 is 15.4 Å². The number of fused-ring (bicyclic) bond motifs is 1. The third-order valence-corrected chi connectivity index (χ3v) is 4.74. The van der Waals surface area contributed by atoms with Crippen molar-refractivity contribution in [1.29, 1.82) is 0 Å². The Labute approximate surface area is 154 Å². The maximum absolute atomic E-state index is 13.7. The van der Waals surface area contributed by atoms with E-state index in [0.29, 0.717) is 12.3 Å². The molecule has 142 valence electrons. The molecule has 0 aliphatic carbocycles. The summed E-state index contributed by atoms with van der Waals surface area (Å²) < 4.78 is 19.0. The van der Waals surface area contributed by atoms with Gasteiger partial charge in [-0.15, -0.1) is 0 Å². The normalized spacial score (nSPS) is 20.9. The van der Waals surface area contributed by atoms with Gasteiger partial charge in [-0.25, -0.2) is 9.18 Å². The third kappa shape index (κ3) is 4.97. The maximum atomic E-state index is 13.7. The molecule has 1 amide bonds. The van der Waals surface area contributed by atoms with Crippen LogP contribution in [0.4, 0.5) is 9.18 Å². The molecule has 0 spiro atoms. The number of carbonyl (C=O) groups excluding carboxylic acids is 1. The number of nitrogens with zero attached hydrogens (tertiary/aromatic N) is 1. The molecule has 2 heterocycles. The molecule has 3 rings (SSSR count). The lowest BCUT2D eigenvalue weighted by molar-refractivity contribution is 0.0498. The molecule has 2 N–H and O–H groups in total. The lowest BCUT2D eigenvalue weighted by Gasteiger charge is -2.25. The summed E-state index contributed by atoms with van der Waals surface area (Å²) in [7, 11) is 0. The second kappa shape index (κ2) is 7.66. The van der Waals surface area contributed by atoms with Crippen molar-refractivity contribution in [3.63, 3.8) is 0 Å². The zero-order chi connectivity index (χ0) is 18.7. The molecule has 2 atom stereocenters. The highest BCUT2D eigenvalue weighted by Crippen LogP contribution is 2.27. The first-order valence-corrected chi connectivity index (χ1v) is 9.20. The first-order chi connectivity index (χ1) is 12.3. The average Bonchev–Trinajstić information content (AvgIpc) is 3.10. The zero-order valence-corrected chi connectivity index (χ0v) is 15.7. The van der Waals surface area contributed by atoms with Gasteiger partial charge in [0.25, 0.3) is 0 Å². The van der Waals surface area contributed by atoms with E-state index in [1.54, 1.807) is 6.07 Å². The molecule has 0 aromatic heterocycles. The summed E-state index contributed by atoms with van der Waals surface area (Å²) in [5, 5.41) is 6.20. The van der Waals surface area contributed by atoms with E-state index in [-0.39, 0.29) is 11.9 Å². The van der Waals surface area contributed by atoms with E-state index in [9.17, 15) is 9.18 Å². The molecule has 26 heavy (non-hydrogen) atoms. The van der Waals surface area contributed by atoms with Crippen molar-refractivity contribution in [3.05, 3.63) is 47.4 Å². The number of hydrogen-bond donors (Lipinski definition) is 2. The number of rotatable bonds is 5. The van der Waals surface area contributed by atoms with Crippen molar-refractivity contribution in [3.8, 4) is 0 Å². The molecular formula is C20H28FN3O2. The van der Waals surface area contributed by atoms with Crippen LogP contribution in [0.15, 0.2) is 36.0 Å². The first-order valence-electron chi connectivity index (χ1n) is 9.20. The number of alkyl carbamates (subject to hydrolysis) is 1. The highest BCUT2D eigenvalue weighted by Gasteiger charge is 2.30. The van der Waals surface area contributed by atoms with Crippen molar-refractivity contribution in [2.75, 3.05) is 26.2 Å². The summed E-state index contributed by atoms with van der Waals surface area (Å²) in [4.78, 5) is 14.6. The lowest BCUT2D eigenvalue weighted by atomic mass is 10.0. The third-order valence-electron chi connectivity index (χ3n) is 4.74. The standard InChI is InChI=1S/C20H28FN3O2/c1-20(2,3)26-19(25)23-18(14-5-4-6-17(21)9-14)7-8-24-12-15-10-22-11-16(15)13-24/h4-6,9-10,16,18,22H,7-8,11-13H2,1-3H3,(H,23,25)/t16?,18-/m0/s1. The van der Waals surface area contributed by atoms with Crippen LogP contribution in [-0.2, 0) is 4.74 Å². The Hall–Kier alpha value is -2.08. The van der Waals surface area contributed by atoms with Crippen molar-refractivity contribution in [2.45, 2.75) is 38.8 Å². The monoisotopic (exact) mass is 361 g/mol. The molecule has 6 heteroatoms. The molecule has 1 unspecified atom stereocenters. The Kier molecular flexibility index (Phi) is 5.51. The lowest BCUT2D eigenvalue weighted by Crippen LogP contribution is -2.36. The van der Waals surface area contributed by atoms with Crippen LogP contribution in [-0.4, -0.2) is 42.8 Å². The second-order valence-corrected chi connectivity index (χ2v) is 8.10. The summed E-state index contributed by atoms with van der Waals surface area (Å²) in [6.45, 7) is 9.32. The molecule has 1 fully saturated rings. The van der Waals surface area contributed by atoms with Gasteiger partial charge in [0.15, 0.2) is 0 Å². The van der Waals surface area contributed by atoms with Crippen LogP contribution < -0.4 is 10.6 Å². The molecule has 2 aliphatic rings. The van der Waals surface area contributed by atoms with Crippen LogP contribution in [0.1, 0.15) is 38.8 Å². The fraction of sp³-hybridized carbons (Fsp3) is 0.550. The smallest absolute Gasteiger partial charge is 0.408 e. The highest BCUT2D eigenvalue weighted by molar-refractivity contribution is 5.68. The summed E-state index contributed by atoms with van der Waals surface area (Å²) in [5.41, 5.74) is 1.64. The van der Waals surface area contributed by atoms with Crippen molar-refractivity contribution in [2.24, 2.45) is 5.92 Å². The Morgan fingerprint density at radius 3 is 2.96 bits per heavy atom. The zero-order valence-electron chi connectivity index (χ0n) is 15.7. The molecular weight excluding hydrogens is 333 g/mol. The van der Waals surface area contributed by atoms with Gasteiger partial charge in [0.05, 0.1) is 6.04 Å². The Bertz CT molecular complexity index is 684. The predicted octanol–water partition coefficient (Wildman–Crippen LogP) is 3.20. The minimum atomic E-state index is -0.567. The largest absolute Gasteiger partial charge is 0.444 e. The highest BCUT2D eigenvalue weighted by atomic mass is 19.1. The van der Waals surface area contributed by atoms with Gasteiger partial charge in [-0.3, -0.25) is 4.90 Å². The van der Waals surface area contributed by atoms with E-state index in [4.69, 9.17) is 4.74 Å². The summed E-state index contributed by atoms with van der Waals surface area (Å²) >= 11 is 0. The quantitative estimate of drug-likeness (QED) is 0.846. The van der Waals surface area contributed by atoms with Crippen LogP contribution >= 0.6 is 0 Å². The molecule has 0 saturated carbocycles. The number of amides is 1. The minimum Gasteiger partial charge on any atom is -0.444 e. The molecule has 2 aliphatic heterocycles. The Balaban J connectivity index is 1.64. The fourth-order valence-electron chi connectivity index (χ4n) is 3.55. The van der Waals surface area contributed by atoms with Crippen LogP contribution in [0.2, 0.25) is 0 Å². The van der Waals surface area contributed by atoms with Crippen molar-refractivity contribution >= 4 is 6.09 Å². The van der Waals surface area contributed by atoms with E-state index >= 15 is 0 Å². The van der Waals surface area contributed by atoms with E-state index < -0.39 is 11.7 Å². The van der Waals surface area contributed by atoms with E-state index in [2.05, 4.69) is 21.7 Å². The number of ether oxygens (including phenoxy) is 1. The number of carbonyl (C=O) groups is 1. The molecule has 1 saturated heterocycles. The summed E-state index contributed by atoms with van der Waals surface area (Å²) in [6.07, 6.45) is 2.35. The Morgan fingerprint density at radius 1 is 1.46 bits per heavy atom. The van der Waals surface area contributed by atoms with Crippen LogP contribution in [0.25, 0.3) is 0 Å². The van der Waals surface area contributed by atoms with Crippen molar-refractivity contribution in [1.82, 2.24) is 15.5 Å². The number of halogens is 1. The molecule has 5 nitrogen and oxygen atoms in total. The minimum absolute atomic E-state index is 0.284. The predicted molar refractivity (Wildman–Crippen MR) is 99.1 cm³/mol. The topological polar surface area (TPSA) is 53.6 Å². The van der Waals surface area contributed by atoms with Crippen LogP contribution in [0.3, 0.4) is 0 Å². The van der Waals surface area contributed by atoms with E-state index in [0.717, 1.165) is 31.7 Å². The van der Waals surface area contributed by atoms with Gasteiger partial charge in [-0.2, -0.15) is 0 Å². The van der Waals surface area contributed by atoms with Gasteiger partial charge in [0.1, 0.15) is 11.4 Å². The number of nitrogens with one attached hydrogen (secondary N) is 2. The average molecular weight is 361 g/mol. The second-order valence-electron chi connectivity index (χ2n) is 8.10. The van der Waals surface area contributed by atoms with E-state index in [1.165, 1.54) is 17.7 Å². The van der Waals surface area contributed by atoms with Gasteiger partial charge >= 0.3 is 6.09 Å². The number of hydrogen-bond acceptors (Lipinski definition) is 4. The number of likely N-dealkylation sites (tertiary alicyclic amines) is 1. The van der Waals surface area contributed by atoms with Gasteiger partial charge in [0.2, 0.25) is 0 Å². The van der Waals surface area contributed by atoms with Crippen LogP contribution in [0, 0.1) is 11.7 Å². The first kappa shape index (κ1) is 18.7. The van der Waals surface area contributed by atoms with Crippen molar-refractivity contribution < 1.29 is 13.9 Å². The van der Waals surface area contributed by atoms with E-state index in [1.807, 2.05) is 26.8 Å². The van der Waals surface area contributed by atoms with Crippen LogP contribution in [0.5, 0.6) is 0 Å². The summed E-state index contributed by atoms with van der Waals surface area (Å²) in [6, 6.07) is 6.12. The fourth-order valence-corrected chi connectivity index (χ4v) is 3.55. The van der Waals surface area contributed by atoms with Gasteiger partial charge in [0, 0.05) is 32.1 Å². The number of benzene rings is 1.